The molecule has 0 saturated heterocycles. The summed E-state index contributed by atoms with van der Waals surface area (Å²) in [5.41, 5.74) is 0.824. The van der Waals surface area contributed by atoms with Crippen molar-refractivity contribution >= 4 is 5.91 Å². The first-order valence-corrected chi connectivity index (χ1v) is 8.88. The molecule has 4 nitrogen and oxygen atoms in total. The Bertz CT molecular complexity index is 695. The van der Waals surface area contributed by atoms with Crippen LogP contribution in [0.5, 0.6) is 5.75 Å². The molecule has 1 amide bonds. The van der Waals surface area contributed by atoms with Gasteiger partial charge in [-0.25, -0.2) is 0 Å². The molecule has 1 saturated carbocycles. The second kappa shape index (κ2) is 7.70. The normalized spacial score (nSPS) is 16.1. The molecular weight excluding hydrogens is 314 g/mol. The predicted molar refractivity (Wildman–Crippen MR) is 97.4 cm³/mol. The SMILES string of the molecule is CCOc1ccc(CC(=O)NCC(O)(c2ccccc2)C2CC2)cc1. The highest BCUT2D eigenvalue weighted by atomic mass is 16.5. The summed E-state index contributed by atoms with van der Waals surface area (Å²) in [6.45, 7) is 2.81. The lowest BCUT2D eigenvalue weighted by atomic mass is 9.88. The fourth-order valence-corrected chi connectivity index (χ4v) is 3.12. The van der Waals surface area contributed by atoms with E-state index in [0.29, 0.717) is 13.0 Å². The Kier molecular flexibility index (Phi) is 5.39. The number of ether oxygens (including phenoxy) is 1. The highest BCUT2D eigenvalue weighted by Crippen LogP contribution is 2.45. The van der Waals surface area contributed by atoms with Crippen molar-refractivity contribution in [1.82, 2.24) is 5.32 Å². The molecule has 1 unspecified atom stereocenters. The number of carbonyl (C=O) groups is 1. The van der Waals surface area contributed by atoms with E-state index in [1.165, 1.54) is 0 Å². The molecule has 3 rings (SSSR count). The number of rotatable bonds is 8. The van der Waals surface area contributed by atoms with Gasteiger partial charge in [0.15, 0.2) is 0 Å². The van der Waals surface area contributed by atoms with Crippen LogP contribution in [0.3, 0.4) is 0 Å². The minimum absolute atomic E-state index is 0.0841. The molecule has 132 valence electrons. The molecular formula is C21H25NO3. The molecule has 2 N–H and O–H groups in total. The van der Waals surface area contributed by atoms with Gasteiger partial charge < -0.3 is 15.2 Å². The fraction of sp³-hybridized carbons (Fsp3) is 0.381. The molecule has 0 aliphatic heterocycles. The monoisotopic (exact) mass is 339 g/mol. The second-order valence-electron chi connectivity index (χ2n) is 6.60. The Balaban J connectivity index is 1.59. The van der Waals surface area contributed by atoms with Gasteiger partial charge in [0.1, 0.15) is 11.4 Å². The molecule has 0 aromatic heterocycles. The Labute approximate surface area is 148 Å². The first kappa shape index (κ1) is 17.5. The number of benzene rings is 2. The lowest BCUT2D eigenvalue weighted by Gasteiger charge is -2.29. The zero-order valence-corrected chi connectivity index (χ0v) is 14.6. The maximum absolute atomic E-state index is 12.3. The van der Waals surface area contributed by atoms with Crippen LogP contribution in [0.25, 0.3) is 0 Å². The van der Waals surface area contributed by atoms with E-state index in [-0.39, 0.29) is 18.4 Å². The summed E-state index contributed by atoms with van der Waals surface area (Å²) in [4.78, 5) is 12.3. The lowest BCUT2D eigenvalue weighted by molar-refractivity contribution is -0.122. The molecule has 1 aliphatic rings. The van der Waals surface area contributed by atoms with Crippen LogP contribution >= 0.6 is 0 Å². The van der Waals surface area contributed by atoms with E-state index in [4.69, 9.17) is 4.74 Å². The third-order valence-corrected chi connectivity index (χ3v) is 4.68. The zero-order chi connectivity index (χ0) is 17.7. The van der Waals surface area contributed by atoms with Crippen LogP contribution in [-0.2, 0) is 16.8 Å². The summed E-state index contributed by atoms with van der Waals surface area (Å²) in [6.07, 6.45) is 2.29. The number of hydrogen-bond donors (Lipinski definition) is 2. The highest BCUT2D eigenvalue weighted by Gasteiger charge is 2.45. The minimum atomic E-state index is -0.976. The number of carbonyl (C=O) groups excluding carboxylic acids is 1. The van der Waals surface area contributed by atoms with Gasteiger partial charge in [-0.2, -0.15) is 0 Å². The van der Waals surface area contributed by atoms with Crippen molar-refractivity contribution in [3.63, 3.8) is 0 Å². The van der Waals surface area contributed by atoms with Gasteiger partial charge in [0, 0.05) is 0 Å². The average molecular weight is 339 g/mol. The van der Waals surface area contributed by atoms with E-state index in [0.717, 1.165) is 29.7 Å². The molecule has 0 bridgehead atoms. The molecule has 0 radical (unpaired) electrons. The molecule has 2 aromatic carbocycles. The van der Waals surface area contributed by atoms with E-state index < -0.39 is 5.60 Å². The summed E-state index contributed by atoms with van der Waals surface area (Å²) >= 11 is 0. The van der Waals surface area contributed by atoms with Gasteiger partial charge in [0.05, 0.1) is 19.6 Å². The quantitative estimate of drug-likeness (QED) is 0.777. The molecule has 1 fully saturated rings. The van der Waals surface area contributed by atoms with Gasteiger partial charge in [-0.3, -0.25) is 4.79 Å². The van der Waals surface area contributed by atoms with Gasteiger partial charge in [0.2, 0.25) is 5.91 Å². The fourth-order valence-electron chi connectivity index (χ4n) is 3.12. The smallest absolute Gasteiger partial charge is 0.224 e. The van der Waals surface area contributed by atoms with Crippen molar-refractivity contribution in [2.45, 2.75) is 31.8 Å². The summed E-state index contributed by atoms with van der Waals surface area (Å²) < 4.78 is 5.41. The van der Waals surface area contributed by atoms with Crippen molar-refractivity contribution in [2.24, 2.45) is 5.92 Å². The molecule has 0 heterocycles. The summed E-state index contributed by atoms with van der Waals surface area (Å²) in [5.74, 6) is 0.943. The van der Waals surface area contributed by atoms with E-state index in [9.17, 15) is 9.90 Å². The molecule has 1 aliphatic carbocycles. The van der Waals surface area contributed by atoms with Crippen molar-refractivity contribution < 1.29 is 14.6 Å². The van der Waals surface area contributed by atoms with Gasteiger partial charge in [0.25, 0.3) is 0 Å². The van der Waals surface area contributed by atoms with E-state index in [1.807, 2.05) is 61.5 Å². The van der Waals surface area contributed by atoms with Crippen LogP contribution in [-0.4, -0.2) is 24.2 Å². The van der Waals surface area contributed by atoms with Crippen molar-refractivity contribution in [3.05, 3.63) is 65.7 Å². The third kappa shape index (κ3) is 4.40. The van der Waals surface area contributed by atoms with Crippen LogP contribution in [0.1, 0.15) is 30.9 Å². The van der Waals surface area contributed by atoms with Crippen LogP contribution in [0, 0.1) is 5.92 Å². The van der Waals surface area contributed by atoms with Crippen molar-refractivity contribution in [1.29, 1.82) is 0 Å². The second-order valence-corrected chi connectivity index (χ2v) is 6.60. The van der Waals surface area contributed by atoms with Gasteiger partial charge >= 0.3 is 0 Å². The Morgan fingerprint density at radius 1 is 1.16 bits per heavy atom. The Morgan fingerprint density at radius 2 is 1.84 bits per heavy atom. The Hall–Kier alpha value is -2.33. The topological polar surface area (TPSA) is 58.6 Å². The van der Waals surface area contributed by atoms with Gasteiger partial charge in [-0.15, -0.1) is 0 Å². The van der Waals surface area contributed by atoms with E-state index in [1.54, 1.807) is 0 Å². The van der Waals surface area contributed by atoms with Crippen LogP contribution in [0.15, 0.2) is 54.6 Å². The molecule has 25 heavy (non-hydrogen) atoms. The maximum Gasteiger partial charge on any atom is 0.224 e. The molecule has 4 heteroatoms. The third-order valence-electron chi connectivity index (χ3n) is 4.68. The number of hydrogen-bond acceptors (Lipinski definition) is 3. The number of amides is 1. The van der Waals surface area contributed by atoms with E-state index in [2.05, 4.69) is 5.32 Å². The van der Waals surface area contributed by atoms with Crippen LogP contribution < -0.4 is 10.1 Å². The summed E-state index contributed by atoms with van der Waals surface area (Å²) in [7, 11) is 0. The first-order valence-electron chi connectivity index (χ1n) is 8.88. The number of nitrogens with one attached hydrogen (secondary N) is 1. The van der Waals surface area contributed by atoms with Crippen LogP contribution in [0.2, 0.25) is 0 Å². The predicted octanol–water partition coefficient (Wildman–Crippen LogP) is 3.04. The van der Waals surface area contributed by atoms with Gasteiger partial charge in [-0.1, -0.05) is 42.5 Å². The molecule has 0 spiro atoms. The average Bonchev–Trinajstić information content (AvgIpc) is 3.48. The Morgan fingerprint density at radius 3 is 2.44 bits per heavy atom. The zero-order valence-electron chi connectivity index (χ0n) is 14.6. The van der Waals surface area contributed by atoms with Crippen molar-refractivity contribution in [2.75, 3.05) is 13.2 Å². The lowest BCUT2D eigenvalue weighted by Crippen LogP contribution is -2.43. The summed E-state index contributed by atoms with van der Waals surface area (Å²) in [6, 6.07) is 17.2. The maximum atomic E-state index is 12.3. The molecule has 1 atom stereocenters. The standard InChI is InChI=1S/C21H25NO3/c1-2-25-19-12-8-16(9-13-19)14-20(23)22-15-21(24,18-10-11-18)17-6-4-3-5-7-17/h3-9,12-13,18,24H,2,10-11,14-15H2,1H3,(H,22,23). The largest absolute Gasteiger partial charge is 0.494 e. The van der Waals surface area contributed by atoms with Crippen LogP contribution in [0.4, 0.5) is 0 Å². The summed E-state index contributed by atoms with van der Waals surface area (Å²) in [5, 5.41) is 14.0. The highest BCUT2D eigenvalue weighted by molar-refractivity contribution is 5.78. The van der Waals surface area contributed by atoms with Gasteiger partial charge in [-0.05, 0) is 48.9 Å². The molecule has 2 aromatic rings. The number of aliphatic hydroxyl groups is 1. The van der Waals surface area contributed by atoms with E-state index >= 15 is 0 Å². The first-order chi connectivity index (χ1) is 12.1. The van der Waals surface area contributed by atoms with Crippen molar-refractivity contribution in [3.8, 4) is 5.75 Å². The minimum Gasteiger partial charge on any atom is -0.494 e.